The van der Waals surface area contributed by atoms with Gasteiger partial charge in [-0.3, -0.25) is 9.69 Å². The fourth-order valence-electron chi connectivity index (χ4n) is 5.19. The van der Waals surface area contributed by atoms with E-state index in [1.54, 1.807) is 10.7 Å². The molecular formula is C24H29N5O. The van der Waals surface area contributed by atoms with Crippen LogP contribution in [0.3, 0.4) is 0 Å². The highest BCUT2D eigenvalue weighted by atomic mass is 16.2. The van der Waals surface area contributed by atoms with Gasteiger partial charge in [-0.05, 0) is 56.7 Å². The van der Waals surface area contributed by atoms with Crippen molar-refractivity contribution in [3.05, 3.63) is 65.1 Å². The fraction of sp³-hybridized carbons (Fsp3) is 0.458. The predicted octanol–water partition coefficient (Wildman–Crippen LogP) is 3.47. The molecule has 6 heteroatoms. The van der Waals surface area contributed by atoms with Crippen LogP contribution in [0.2, 0.25) is 0 Å². The van der Waals surface area contributed by atoms with Crippen molar-refractivity contribution in [3.8, 4) is 0 Å². The van der Waals surface area contributed by atoms with Gasteiger partial charge in [0.05, 0.1) is 6.20 Å². The molecule has 2 aliphatic rings. The molecule has 0 radical (unpaired) electrons. The molecule has 0 unspecified atom stereocenters. The van der Waals surface area contributed by atoms with Crippen molar-refractivity contribution in [3.63, 3.8) is 0 Å². The van der Waals surface area contributed by atoms with Gasteiger partial charge in [-0.2, -0.15) is 5.10 Å². The summed E-state index contributed by atoms with van der Waals surface area (Å²) < 4.78 is 1.77. The van der Waals surface area contributed by atoms with Crippen LogP contribution in [0, 0.1) is 19.3 Å². The maximum absolute atomic E-state index is 13.2. The van der Waals surface area contributed by atoms with Crippen LogP contribution in [0.15, 0.2) is 42.6 Å². The van der Waals surface area contributed by atoms with E-state index in [1.807, 2.05) is 24.8 Å². The molecule has 2 aromatic heterocycles. The number of hydrogen-bond donors (Lipinski definition) is 0. The van der Waals surface area contributed by atoms with Gasteiger partial charge in [-0.25, -0.2) is 9.50 Å². The Morgan fingerprint density at radius 2 is 1.80 bits per heavy atom. The van der Waals surface area contributed by atoms with Gasteiger partial charge in [-0.15, -0.1) is 0 Å². The van der Waals surface area contributed by atoms with E-state index in [0.717, 1.165) is 57.0 Å². The number of fused-ring (bicyclic) bond motifs is 1. The molecule has 0 N–H and O–H groups in total. The summed E-state index contributed by atoms with van der Waals surface area (Å²) in [5.74, 6) is 0.0662. The first-order valence-electron chi connectivity index (χ1n) is 10.9. The molecule has 0 saturated carbocycles. The first kappa shape index (κ1) is 19.2. The van der Waals surface area contributed by atoms with Crippen LogP contribution in [-0.2, 0) is 6.54 Å². The van der Waals surface area contributed by atoms with Crippen LogP contribution < -0.4 is 0 Å². The molecule has 0 aliphatic carbocycles. The third-order valence-electron chi connectivity index (χ3n) is 6.89. The van der Waals surface area contributed by atoms with Crippen molar-refractivity contribution in [1.29, 1.82) is 0 Å². The van der Waals surface area contributed by atoms with Crippen molar-refractivity contribution in [1.82, 2.24) is 24.4 Å². The van der Waals surface area contributed by atoms with E-state index in [-0.39, 0.29) is 5.91 Å². The van der Waals surface area contributed by atoms with Crippen molar-refractivity contribution >= 4 is 11.6 Å². The number of rotatable bonds is 3. The van der Waals surface area contributed by atoms with Crippen LogP contribution in [0.4, 0.5) is 0 Å². The smallest absolute Gasteiger partial charge is 0.259 e. The van der Waals surface area contributed by atoms with Crippen molar-refractivity contribution in [2.45, 2.75) is 39.7 Å². The van der Waals surface area contributed by atoms with Gasteiger partial charge in [0.15, 0.2) is 5.65 Å². The number of aromatic nitrogens is 3. The molecule has 6 nitrogen and oxygen atoms in total. The number of benzene rings is 1. The molecular weight excluding hydrogens is 374 g/mol. The molecule has 5 rings (SSSR count). The fourth-order valence-corrected chi connectivity index (χ4v) is 5.19. The molecule has 30 heavy (non-hydrogen) atoms. The van der Waals surface area contributed by atoms with Crippen LogP contribution >= 0.6 is 0 Å². The van der Waals surface area contributed by atoms with Crippen molar-refractivity contribution < 1.29 is 4.79 Å². The summed E-state index contributed by atoms with van der Waals surface area (Å²) in [5.41, 5.74) is 4.95. The van der Waals surface area contributed by atoms with Crippen molar-refractivity contribution in [2.24, 2.45) is 5.41 Å². The molecule has 0 bridgehead atoms. The van der Waals surface area contributed by atoms with E-state index < -0.39 is 0 Å². The topological polar surface area (TPSA) is 53.7 Å². The third kappa shape index (κ3) is 3.49. The van der Waals surface area contributed by atoms with Crippen LogP contribution in [0.1, 0.15) is 46.6 Å². The minimum Gasteiger partial charge on any atom is -0.338 e. The maximum Gasteiger partial charge on any atom is 0.259 e. The number of carbonyl (C=O) groups is 1. The molecule has 3 aromatic rings. The van der Waals surface area contributed by atoms with Gasteiger partial charge < -0.3 is 4.90 Å². The van der Waals surface area contributed by atoms with Crippen molar-refractivity contribution in [2.75, 3.05) is 26.2 Å². The summed E-state index contributed by atoms with van der Waals surface area (Å²) in [7, 11) is 0. The van der Waals surface area contributed by atoms with Crippen LogP contribution in [-0.4, -0.2) is 56.5 Å². The summed E-state index contributed by atoms with van der Waals surface area (Å²) in [6.07, 6.45) is 5.07. The van der Waals surface area contributed by atoms with E-state index in [4.69, 9.17) is 0 Å². The molecule has 2 fully saturated rings. The number of aryl methyl sites for hydroxylation is 2. The lowest BCUT2D eigenvalue weighted by molar-refractivity contribution is 0.0589. The van der Waals surface area contributed by atoms with E-state index in [1.165, 1.54) is 12.0 Å². The molecule has 2 saturated heterocycles. The Balaban J connectivity index is 1.25. The highest BCUT2D eigenvalue weighted by molar-refractivity contribution is 5.99. The quantitative estimate of drug-likeness (QED) is 0.672. The Labute approximate surface area is 177 Å². The third-order valence-corrected chi connectivity index (χ3v) is 6.89. The molecule has 2 aliphatic heterocycles. The summed E-state index contributed by atoms with van der Waals surface area (Å²) in [5, 5.41) is 4.40. The predicted molar refractivity (Wildman–Crippen MR) is 116 cm³/mol. The second-order valence-corrected chi connectivity index (χ2v) is 9.07. The summed E-state index contributed by atoms with van der Waals surface area (Å²) in [4.78, 5) is 22.4. The molecule has 156 valence electrons. The Kier molecular flexibility index (Phi) is 4.82. The molecule has 1 spiro atoms. The highest BCUT2D eigenvalue weighted by Gasteiger charge is 2.41. The van der Waals surface area contributed by atoms with Gasteiger partial charge in [-0.1, -0.05) is 30.3 Å². The SMILES string of the molecule is Cc1cc(C)n2ncc(C(=O)N3CCC4(CCN(Cc5ccccc5)C4)CC3)c2n1. The average molecular weight is 404 g/mol. The number of nitrogens with zero attached hydrogens (tertiary/aromatic N) is 5. The first-order chi connectivity index (χ1) is 14.5. The first-order valence-corrected chi connectivity index (χ1v) is 10.9. The van der Waals surface area contributed by atoms with Crippen LogP contribution in [0.25, 0.3) is 5.65 Å². The molecule has 4 heterocycles. The second-order valence-electron chi connectivity index (χ2n) is 9.07. The lowest BCUT2D eigenvalue weighted by Gasteiger charge is -2.39. The van der Waals surface area contributed by atoms with Gasteiger partial charge in [0.25, 0.3) is 5.91 Å². The Morgan fingerprint density at radius 3 is 2.57 bits per heavy atom. The van der Waals surface area contributed by atoms with Gasteiger partial charge in [0.2, 0.25) is 0 Å². The largest absolute Gasteiger partial charge is 0.338 e. The Hall–Kier alpha value is -2.73. The highest BCUT2D eigenvalue weighted by Crippen LogP contribution is 2.41. The number of piperidine rings is 1. The zero-order valence-electron chi connectivity index (χ0n) is 17.8. The number of hydrogen-bond acceptors (Lipinski definition) is 4. The van der Waals surface area contributed by atoms with E-state index in [9.17, 15) is 4.79 Å². The minimum atomic E-state index is 0.0662. The molecule has 1 amide bonds. The lowest BCUT2D eigenvalue weighted by atomic mass is 9.77. The van der Waals surface area contributed by atoms with Crippen LogP contribution in [0.5, 0.6) is 0 Å². The van der Waals surface area contributed by atoms with E-state index in [2.05, 4.69) is 45.3 Å². The zero-order chi connectivity index (χ0) is 20.7. The average Bonchev–Trinajstić information content (AvgIpc) is 3.33. The Morgan fingerprint density at radius 1 is 1.07 bits per heavy atom. The summed E-state index contributed by atoms with van der Waals surface area (Å²) >= 11 is 0. The number of amides is 1. The van der Waals surface area contributed by atoms with Gasteiger partial charge in [0.1, 0.15) is 5.56 Å². The van der Waals surface area contributed by atoms with E-state index >= 15 is 0 Å². The minimum absolute atomic E-state index is 0.0662. The standard InChI is InChI=1S/C24H29N5O/c1-18-14-19(2)29-22(26-18)21(15-25-29)23(30)28-12-9-24(10-13-28)8-11-27(17-24)16-20-6-4-3-5-7-20/h3-7,14-15H,8-13,16-17H2,1-2H3. The normalized spacial score (nSPS) is 19.1. The zero-order valence-corrected chi connectivity index (χ0v) is 17.8. The maximum atomic E-state index is 13.2. The Bertz CT molecular complexity index is 1070. The monoisotopic (exact) mass is 403 g/mol. The second kappa shape index (κ2) is 7.51. The number of carbonyl (C=O) groups excluding carboxylic acids is 1. The van der Waals surface area contributed by atoms with E-state index in [0.29, 0.717) is 16.6 Å². The summed E-state index contributed by atoms with van der Waals surface area (Å²) in [6.45, 7) is 8.91. The van der Waals surface area contributed by atoms with Gasteiger partial charge in [0, 0.05) is 37.6 Å². The lowest BCUT2D eigenvalue weighted by Crippen LogP contribution is -2.44. The number of likely N-dealkylation sites (tertiary alicyclic amines) is 2. The molecule has 0 atom stereocenters. The van der Waals surface area contributed by atoms with Gasteiger partial charge >= 0.3 is 0 Å². The summed E-state index contributed by atoms with van der Waals surface area (Å²) in [6, 6.07) is 12.7. The molecule has 1 aromatic carbocycles.